The Hall–Kier alpha value is -0.760. The van der Waals surface area contributed by atoms with Gasteiger partial charge in [-0.2, -0.15) is 0 Å². The van der Waals surface area contributed by atoms with Gasteiger partial charge in [-0.1, -0.05) is 12.7 Å². The Labute approximate surface area is 74.7 Å². The Bertz CT molecular complexity index is 184. The summed E-state index contributed by atoms with van der Waals surface area (Å²) in [5.74, 6) is 0. The third kappa shape index (κ3) is 2.11. The van der Waals surface area contributed by atoms with E-state index in [2.05, 4.69) is 17.6 Å². The topological polar surface area (TPSA) is 29.3 Å². The Balaban J connectivity index is 2.55. The van der Waals surface area contributed by atoms with Crippen LogP contribution >= 0.6 is 0 Å². The molecule has 68 valence electrons. The molecule has 0 spiro atoms. The molecule has 2 nitrogen and oxygen atoms in total. The molecular formula is C10H18N2. The quantitative estimate of drug-likeness (QED) is 0.630. The number of nitrogens with zero attached hydrogens (tertiary/aromatic N) is 1. The van der Waals surface area contributed by atoms with Crippen molar-refractivity contribution in [1.29, 1.82) is 0 Å². The number of rotatable bonds is 2. The van der Waals surface area contributed by atoms with Crippen molar-refractivity contribution in [2.75, 3.05) is 13.1 Å². The molecule has 0 aromatic carbocycles. The van der Waals surface area contributed by atoms with Crippen LogP contribution in [0.2, 0.25) is 0 Å². The maximum atomic E-state index is 5.87. The molecule has 2 heteroatoms. The van der Waals surface area contributed by atoms with E-state index in [0.717, 1.165) is 19.5 Å². The summed E-state index contributed by atoms with van der Waals surface area (Å²) in [6.45, 7) is 7.92. The van der Waals surface area contributed by atoms with Gasteiger partial charge < -0.3 is 10.6 Å². The van der Waals surface area contributed by atoms with Crippen LogP contribution in [0, 0.1) is 0 Å². The molecule has 0 radical (unpaired) electrons. The van der Waals surface area contributed by atoms with Crippen molar-refractivity contribution in [2.24, 2.45) is 5.73 Å². The van der Waals surface area contributed by atoms with Crippen LogP contribution < -0.4 is 5.73 Å². The smallest absolute Gasteiger partial charge is 0.0329 e. The van der Waals surface area contributed by atoms with Crippen LogP contribution in [0.15, 0.2) is 24.4 Å². The second kappa shape index (κ2) is 4.31. The van der Waals surface area contributed by atoms with E-state index in [1.165, 1.54) is 12.1 Å². The van der Waals surface area contributed by atoms with E-state index in [9.17, 15) is 0 Å². The second-order valence-electron chi connectivity index (χ2n) is 3.27. The minimum atomic E-state index is 0.341. The number of allylic oxidation sites excluding steroid dienone is 2. The van der Waals surface area contributed by atoms with Crippen LogP contribution in [0.25, 0.3) is 0 Å². The zero-order valence-electron chi connectivity index (χ0n) is 7.79. The first kappa shape index (κ1) is 9.33. The van der Waals surface area contributed by atoms with Gasteiger partial charge in [0.15, 0.2) is 0 Å². The zero-order valence-corrected chi connectivity index (χ0v) is 7.79. The van der Waals surface area contributed by atoms with E-state index in [4.69, 9.17) is 5.73 Å². The molecule has 0 aromatic heterocycles. The number of piperidine rings is 1. The van der Waals surface area contributed by atoms with Gasteiger partial charge in [0.25, 0.3) is 0 Å². The molecule has 1 saturated heterocycles. The lowest BCUT2D eigenvalue weighted by Crippen LogP contribution is -2.41. The molecule has 1 aliphatic rings. The average Bonchev–Trinajstić information content (AvgIpc) is 2.07. The Morgan fingerprint density at radius 2 is 2.42 bits per heavy atom. The fourth-order valence-electron chi connectivity index (χ4n) is 1.67. The van der Waals surface area contributed by atoms with Gasteiger partial charge in [-0.05, 0) is 25.8 Å². The van der Waals surface area contributed by atoms with E-state index >= 15 is 0 Å². The average molecular weight is 166 g/mol. The van der Waals surface area contributed by atoms with Gasteiger partial charge in [0.05, 0.1) is 0 Å². The molecule has 1 heterocycles. The maximum Gasteiger partial charge on any atom is 0.0329 e. The summed E-state index contributed by atoms with van der Waals surface area (Å²) in [7, 11) is 0. The zero-order chi connectivity index (χ0) is 8.97. The van der Waals surface area contributed by atoms with Crippen LogP contribution in [0.4, 0.5) is 0 Å². The molecule has 0 aliphatic carbocycles. The largest absolute Gasteiger partial charge is 0.370 e. The van der Waals surface area contributed by atoms with Gasteiger partial charge >= 0.3 is 0 Å². The number of nitrogens with two attached hydrogens (primary N) is 1. The minimum absolute atomic E-state index is 0.341. The van der Waals surface area contributed by atoms with Gasteiger partial charge in [-0.25, -0.2) is 0 Å². The summed E-state index contributed by atoms with van der Waals surface area (Å²) in [6.07, 6.45) is 6.35. The van der Waals surface area contributed by atoms with E-state index < -0.39 is 0 Å². The van der Waals surface area contributed by atoms with E-state index in [0.29, 0.717) is 6.04 Å². The van der Waals surface area contributed by atoms with E-state index in [-0.39, 0.29) is 0 Å². The summed E-state index contributed by atoms with van der Waals surface area (Å²) in [4.78, 5) is 2.31. The lowest BCUT2D eigenvalue weighted by Gasteiger charge is -2.33. The predicted octanol–water partition coefficient (Wildman–Crippen LogP) is 1.50. The van der Waals surface area contributed by atoms with Crippen LogP contribution in [-0.2, 0) is 0 Å². The highest BCUT2D eigenvalue weighted by Crippen LogP contribution is 2.14. The third-order valence-electron chi connectivity index (χ3n) is 2.33. The van der Waals surface area contributed by atoms with Crippen molar-refractivity contribution in [2.45, 2.75) is 25.8 Å². The highest BCUT2D eigenvalue weighted by atomic mass is 15.2. The molecule has 2 N–H and O–H groups in total. The van der Waals surface area contributed by atoms with Gasteiger partial charge in [0.1, 0.15) is 0 Å². The summed E-state index contributed by atoms with van der Waals surface area (Å²) in [5, 5.41) is 0. The SMILES string of the molecule is C=C/C(=C\C)N1CCC[C@H](N)C1. The molecular weight excluding hydrogens is 148 g/mol. The maximum absolute atomic E-state index is 5.87. The Morgan fingerprint density at radius 1 is 1.67 bits per heavy atom. The van der Waals surface area contributed by atoms with Crippen molar-refractivity contribution in [1.82, 2.24) is 4.90 Å². The molecule has 0 bridgehead atoms. The standard InChI is InChI=1S/C10H18N2/c1-3-10(4-2)12-7-5-6-9(11)8-12/h3-4,9H,1,5-8,11H2,2H3/b10-4+/t9-/m0/s1. The molecule has 0 aromatic rings. The molecule has 0 amide bonds. The molecule has 1 rings (SSSR count). The molecule has 1 fully saturated rings. The summed E-state index contributed by atoms with van der Waals surface area (Å²) >= 11 is 0. The first-order valence-corrected chi connectivity index (χ1v) is 4.57. The summed E-state index contributed by atoms with van der Waals surface area (Å²) in [5.41, 5.74) is 7.08. The third-order valence-corrected chi connectivity index (χ3v) is 2.33. The highest BCUT2D eigenvalue weighted by molar-refractivity contribution is 5.14. The number of likely N-dealkylation sites (tertiary alicyclic amines) is 1. The molecule has 1 atom stereocenters. The molecule has 0 saturated carbocycles. The van der Waals surface area contributed by atoms with Crippen LogP contribution in [0.5, 0.6) is 0 Å². The van der Waals surface area contributed by atoms with Crippen molar-refractivity contribution in [3.63, 3.8) is 0 Å². The predicted molar refractivity (Wildman–Crippen MR) is 52.7 cm³/mol. The van der Waals surface area contributed by atoms with Gasteiger partial charge in [0, 0.05) is 24.8 Å². The van der Waals surface area contributed by atoms with Crippen molar-refractivity contribution in [3.8, 4) is 0 Å². The lowest BCUT2D eigenvalue weighted by atomic mass is 10.1. The fourth-order valence-corrected chi connectivity index (χ4v) is 1.67. The number of hydrogen-bond donors (Lipinski definition) is 1. The lowest BCUT2D eigenvalue weighted by molar-refractivity contribution is 0.266. The molecule has 1 aliphatic heterocycles. The molecule has 12 heavy (non-hydrogen) atoms. The van der Waals surface area contributed by atoms with Gasteiger partial charge in [0.2, 0.25) is 0 Å². The van der Waals surface area contributed by atoms with Gasteiger partial charge in [-0.3, -0.25) is 0 Å². The van der Waals surface area contributed by atoms with Crippen molar-refractivity contribution >= 4 is 0 Å². The normalized spacial score (nSPS) is 25.7. The first-order chi connectivity index (χ1) is 5.77. The van der Waals surface area contributed by atoms with E-state index in [1.807, 2.05) is 13.0 Å². The van der Waals surface area contributed by atoms with E-state index in [1.54, 1.807) is 0 Å². The van der Waals surface area contributed by atoms with Crippen LogP contribution in [0.1, 0.15) is 19.8 Å². The second-order valence-corrected chi connectivity index (χ2v) is 3.27. The van der Waals surface area contributed by atoms with Crippen LogP contribution in [-0.4, -0.2) is 24.0 Å². The Morgan fingerprint density at radius 3 is 2.92 bits per heavy atom. The van der Waals surface area contributed by atoms with Crippen molar-refractivity contribution < 1.29 is 0 Å². The van der Waals surface area contributed by atoms with Gasteiger partial charge in [-0.15, -0.1) is 0 Å². The highest BCUT2D eigenvalue weighted by Gasteiger charge is 2.16. The minimum Gasteiger partial charge on any atom is -0.370 e. The monoisotopic (exact) mass is 166 g/mol. The first-order valence-electron chi connectivity index (χ1n) is 4.57. The summed E-state index contributed by atoms with van der Waals surface area (Å²) < 4.78 is 0. The summed E-state index contributed by atoms with van der Waals surface area (Å²) in [6, 6.07) is 0.341. The molecule has 0 unspecified atom stereocenters. The van der Waals surface area contributed by atoms with Crippen LogP contribution in [0.3, 0.4) is 0 Å². The van der Waals surface area contributed by atoms with Crippen molar-refractivity contribution in [3.05, 3.63) is 24.4 Å². The fraction of sp³-hybridized carbons (Fsp3) is 0.600. The Kier molecular flexibility index (Phi) is 3.35. The number of hydrogen-bond acceptors (Lipinski definition) is 2.